The number of likely N-dealkylation sites (tertiary alicyclic amines) is 1. The molecule has 146 valence electrons. The molecule has 7 heteroatoms. The zero-order chi connectivity index (χ0) is 19.4. The van der Waals surface area contributed by atoms with Crippen LogP contribution in [0.2, 0.25) is 0 Å². The van der Waals surface area contributed by atoms with Gasteiger partial charge in [-0.15, -0.1) is 0 Å². The molecule has 0 N–H and O–H groups in total. The molecule has 7 nitrogen and oxygen atoms in total. The van der Waals surface area contributed by atoms with E-state index < -0.39 is 0 Å². The van der Waals surface area contributed by atoms with Gasteiger partial charge in [-0.2, -0.15) is 4.98 Å². The van der Waals surface area contributed by atoms with Gasteiger partial charge in [-0.3, -0.25) is 4.79 Å². The highest BCUT2D eigenvalue weighted by molar-refractivity contribution is 5.99. The lowest BCUT2D eigenvalue weighted by atomic mass is 9.93. The van der Waals surface area contributed by atoms with Crippen molar-refractivity contribution in [2.75, 3.05) is 27.3 Å². The highest BCUT2D eigenvalue weighted by Crippen LogP contribution is 2.31. The highest BCUT2D eigenvalue weighted by atomic mass is 16.5. The minimum Gasteiger partial charge on any atom is -0.496 e. The Morgan fingerprint density at radius 1 is 1.22 bits per heavy atom. The molecule has 0 spiro atoms. The van der Waals surface area contributed by atoms with Crippen molar-refractivity contribution in [3.8, 4) is 11.5 Å². The van der Waals surface area contributed by atoms with Crippen molar-refractivity contribution in [3.05, 3.63) is 35.5 Å². The first kappa shape index (κ1) is 19.2. The third-order valence-electron chi connectivity index (χ3n) is 5.01. The van der Waals surface area contributed by atoms with Crippen molar-refractivity contribution in [2.45, 2.75) is 39.0 Å². The highest BCUT2D eigenvalue weighted by Gasteiger charge is 2.28. The number of methoxy groups -OCH3 is 2. The van der Waals surface area contributed by atoms with Crippen LogP contribution in [-0.4, -0.2) is 48.3 Å². The average molecular weight is 373 g/mol. The molecule has 0 radical (unpaired) electrons. The Kier molecular flexibility index (Phi) is 5.98. The van der Waals surface area contributed by atoms with Gasteiger partial charge in [0.15, 0.2) is 5.82 Å². The first-order chi connectivity index (χ1) is 13.0. The van der Waals surface area contributed by atoms with Crippen molar-refractivity contribution in [1.29, 1.82) is 0 Å². The summed E-state index contributed by atoms with van der Waals surface area (Å²) >= 11 is 0. The minimum absolute atomic E-state index is 0.0531. The molecule has 0 atom stereocenters. The maximum absolute atomic E-state index is 13.0. The lowest BCUT2D eigenvalue weighted by molar-refractivity contribution is 0.0680. The van der Waals surface area contributed by atoms with E-state index in [2.05, 4.69) is 10.1 Å². The van der Waals surface area contributed by atoms with Crippen LogP contribution in [0.5, 0.6) is 11.5 Å². The largest absolute Gasteiger partial charge is 0.496 e. The van der Waals surface area contributed by atoms with Crippen LogP contribution >= 0.6 is 0 Å². The number of amides is 1. The summed E-state index contributed by atoms with van der Waals surface area (Å²) in [4.78, 5) is 19.4. The summed E-state index contributed by atoms with van der Waals surface area (Å²) in [6.45, 7) is 5.47. The van der Waals surface area contributed by atoms with E-state index in [4.69, 9.17) is 14.0 Å². The second kappa shape index (κ2) is 8.41. The van der Waals surface area contributed by atoms with Crippen LogP contribution in [0.1, 0.15) is 54.7 Å². The van der Waals surface area contributed by atoms with E-state index in [1.807, 2.05) is 24.8 Å². The Bertz CT molecular complexity index is 757. The van der Waals surface area contributed by atoms with Gasteiger partial charge in [-0.25, -0.2) is 0 Å². The molecule has 27 heavy (non-hydrogen) atoms. The number of carbonyl (C=O) groups excluding carboxylic acids is 1. The third kappa shape index (κ3) is 4.23. The molecule has 1 aromatic carbocycles. The average Bonchev–Trinajstić information content (AvgIpc) is 3.16. The van der Waals surface area contributed by atoms with Gasteiger partial charge in [0, 0.05) is 25.4 Å². The summed E-state index contributed by atoms with van der Waals surface area (Å²) in [6.07, 6.45) is 2.57. The Hall–Kier alpha value is -2.57. The van der Waals surface area contributed by atoms with Gasteiger partial charge >= 0.3 is 0 Å². The van der Waals surface area contributed by atoms with Crippen molar-refractivity contribution < 1.29 is 18.8 Å². The molecule has 0 bridgehead atoms. The lowest BCUT2D eigenvalue weighted by Gasteiger charge is -2.32. The van der Waals surface area contributed by atoms with E-state index in [0.29, 0.717) is 42.0 Å². The number of ether oxygens (including phenoxy) is 2. The maximum atomic E-state index is 13.0. The smallest absolute Gasteiger partial charge is 0.261 e. The first-order valence-electron chi connectivity index (χ1n) is 9.36. The molecule has 0 saturated carbocycles. The number of aromatic nitrogens is 2. The Morgan fingerprint density at radius 2 is 1.85 bits per heavy atom. The summed E-state index contributed by atoms with van der Waals surface area (Å²) < 4.78 is 16.1. The fraction of sp³-hybridized carbons (Fsp3) is 0.550. The van der Waals surface area contributed by atoms with Gasteiger partial charge in [0.25, 0.3) is 5.91 Å². The molecule has 1 saturated heterocycles. The first-order valence-corrected chi connectivity index (χ1v) is 9.36. The number of nitrogens with zero attached hydrogens (tertiary/aromatic N) is 3. The van der Waals surface area contributed by atoms with E-state index >= 15 is 0 Å². The van der Waals surface area contributed by atoms with E-state index in [1.54, 1.807) is 26.4 Å². The van der Waals surface area contributed by atoms with Crippen LogP contribution in [0.4, 0.5) is 0 Å². The van der Waals surface area contributed by atoms with Crippen molar-refractivity contribution in [1.82, 2.24) is 15.0 Å². The van der Waals surface area contributed by atoms with Crippen LogP contribution in [-0.2, 0) is 6.42 Å². The van der Waals surface area contributed by atoms with Crippen LogP contribution in [0.25, 0.3) is 0 Å². The molecule has 0 aliphatic carbocycles. The predicted molar refractivity (Wildman–Crippen MR) is 100 cm³/mol. The van der Waals surface area contributed by atoms with Gasteiger partial charge in [0.2, 0.25) is 5.89 Å². The second-order valence-corrected chi connectivity index (χ2v) is 7.18. The number of carbonyl (C=O) groups is 1. The van der Waals surface area contributed by atoms with Gasteiger partial charge in [-0.05, 0) is 30.9 Å². The lowest BCUT2D eigenvalue weighted by Crippen LogP contribution is -2.39. The normalized spacial score (nSPS) is 15.2. The summed E-state index contributed by atoms with van der Waals surface area (Å²) in [7, 11) is 3.13. The fourth-order valence-corrected chi connectivity index (χ4v) is 3.39. The van der Waals surface area contributed by atoms with Gasteiger partial charge < -0.3 is 18.9 Å². The molecule has 0 unspecified atom stereocenters. The summed E-state index contributed by atoms with van der Waals surface area (Å²) in [6, 6.07) is 5.38. The van der Waals surface area contributed by atoms with E-state index in [-0.39, 0.29) is 11.8 Å². The molecule has 2 aromatic rings. The Morgan fingerprint density at radius 3 is 2.37 bits per heavy atom. The van der Waals surface area contributed by atoms with Gasteiger partial charge in [0.1, 0.15) is 17.1 Å². The van der Waals surface area contributed by atoms with Crippen molar-refractivity contribution >= 4 is 5.91 Å². The predicted octanol–water partition coefficient (Wildman–Crippen LogP) is 3.31. The number of piperidine rings is 1. The molecule has 1 aliphatic heterocycles. The quantitative estimate of drug-likeness (QED) is 0.773. The van der Waals surface area contributed by atoms with Crippen LogP contribution in [0, 0.1) is 5.92 Å². The molecule has 1 amide bonds. The van der Waals surface area contributed by atoms with E-state index in [9.17, 15) is 4.79 Å². The van der Waals surface area contributed by atoms with Crippen LogP contribution in [0.3, 0.4) is 0 Å². The van der Waals surface area contributed by atoms with Crippen molar-refractivity contribution in [2.24, 2.45) is 5.92 Å². The number of rotatable bonds is 6. The molecule has 2 heterocycles. The molecular formula is C20H27N3O4. The van der Waals surface area contributed by atoms with E-state index in [1.165, 1.54) is 0 Å². The fourth-order valence-electron chi connectivity index (χ4n) is 3.39. The summed E-state index contributed by atoms with van der Waals surface area (Å²) in [5.41, 5.74) is 0.486. The summed E-state index contributed by atoms with van der Waals surface area (Å²) in [5, 5.41) is 4.02. The zero-order valence-electron chi connectivity index (χ0n) is 16.4. The van der Waals surface area contributed by atoms with Crippen molar-refractivity contribution in [3.63, 3.8) is 0 Å². The number of benzene rings is 1. The SMILES string of the molecule is COc1cccc(OC)c1C(=O)N1CCC(Cc2nc(C(C)C)no2)CC1. The van der Waals surface area contributed by atoms with E-state index in [0.717, 1.165) is 25.1 Å². The number of hydrogen-bond donors (Lipinski definition) is 0. The standard InChI is InChI=1S/C20H27N3O4/c1-13(2)19-21-17(27-22-19)12-14-8-10-23(11-9-14)20(24)18-15(25-3)6-5-7-16(18)26-4/h5-7,13-14H,8-12H2,1-4H3. The van der Waals surface area contributed by atoms with Gasteiger partial charge in [-0.1, -0.05) is 25.1 Å². The van der Waals surface area contributed by atoms with Gasteiger partial charge in [0.05, 0.1) is 14.2 Å². The number of hydrogen-bond acceptors (Lipinski definition) is 6. The monoisotopic (exact) mass is 373 g/mol. The molecule has 3 rings (SSSR count). The molecular weight excluding hydrogens is 346 g/mol. The Labute approximate surface area is 159 Å². The van der Waals surface area contributed by atoms with Crippen LogP contribution < -0.4 is 9.47 Å². The molecule has 1 fully saturated rings. The topological polar surface area (TPSA) is 77.7 Å². The Balaban J connectivity index is 1.63. The second-order valence-electron chi connectivity index (χ2n) is 7.18. The molecule has 1 aromatic heterocycles. The molecule has 1 aliphatic rings. The zero-order valence-corrected chi connectivity index (χ0v) is 16.4. The third-order valence-corrected chi connectivity index (χ3v) is 5.01. The van der Waals surface area contributed by atoms with Crippen LogP contribution in [0.15, 0.2) is 22.7 Å². The maximum Gasteiger partial charge on any atom is 0.261 e. The summed E-state index contributed by atoms with van der Waals surface area (Å²) in [5.74, 6) is 3.16. The minimum atomic E-state index is -0.0531.